The lowest BCUT2D eigenvalue weighted by Crippen LogP contribution is -2.38. The van der Waals surface area contributed by atoms with Gasteiger partial charge in [0.2, 0.25) is 0 Å². The Morgan fingerprint density at radius 2 is 1.90 bits per heavy atom. The van der Waals surface area contributed by atoms with Gasteiger partial charge in [0.15, 0.2) is 23.0 Å². The van der Waals surface area contributed by atoms with Gasteiger partial charge in [0.25, 0.3) is 0 Å². The van der Waals surface area contributed by atoms with E-state index in [4.69, 9.17) is 18.9 Å². The zero-order valence-corrected chi connectivity index (χ0v) is 18.3. The third-order valence-electron chi connectivity index (χ3n) is 4.95. The average molecular weight is 415 g/mol. The highest BCUT2D eigenvalue weighted by molar-refractivity contribution is 5.72. The summed E-state index contributed by atoms with van der Waals surface area (Å²) >= 11 is 0. The van der Waals surface area contributed by atoms with E-state index >= 15 is 0 Å². The summed E-state index contributed by atoms with van der Waals surface area (Å²) in [6.45, 7) is 5.11. The summed E-state index contributed by atoms with van der Waals surface area (Å²) in [5.41, 5.74) is 1.88. The van der Waals surface area contributed by atoms with Gasteiger partial charge in [-0.2, -0.15) is 0 Å². The maximum Gasteiger partial charge on any atom is 0.416 e. The van der Waals surface area contributed by atoms with Gasteiger partial charge in [-0.15, -0.1) is 0 Å². The fraction of sp³-hybridized carbons (Fsp3) is 0.435. The van der Waals surface area contributed by atoms with Gasteiger partial charge in [0.05, 0.1) is 20.9 Å². The van der Waals surface area contributed by atoms with Crippen LogP contribution in [0.25, 0.3) is 0 Å². The van der Waals surface area contributed by atoms with Gasteiger partial charge in [-0.25, -0.2) is 4.79 Å². The molecule has 0 saturated carbocycles. The van der Waals surface area contributed by atoms with Crippen molar-refractivity contribution < 1.29 is 23.7 Å². The number of hydrogen-bond donors (Lipinski definition) is 1. The van der Waals surface area contributed by atoms with Crippen LogP contribution in [0.15, 0.2) is 36.4 Å². The molecule has 30 heavy (non-hydrogen) atoms. The molecule has 0 radical (unpaired) electrons. The van der Waals surface area contributed by atoms with E-state index in [1.807, 2.05) is 44.2 Å². The van der Waals surface area contributed by atoms with Crippen LogP contribution in [0.5, 0.6) is 23.0 Å². The average Bonchev–Trinajstić information content (AvgIpc) is 3.05. The van der Waals surface area contributed by atoms with Crippen LogP contribution in [0, 0.1) is 0 Å². The fourth-order valence-electron chi connectivity index (χ4n) is 3.42. The Morgan fingerprint density at radius 3 is 2.63 bits per heavy atom. The van der Waals surface area contributed by atoms with Crippen LogP contribution in [-0.4, -0.2) is 51.1 Å². The number of para-hydroxylation sites is 1. The quantitative estimate of drug-likeness (QED) is 0.525. The van der Waals surface area contributed by atoms with Crippen molar-refractivity contribution in [2.75, 3.05) is 34.5 Å². The Balaban J connectivity index is 1.48. The topological polar surface area (TPSA) is 69.3 Å². The van der Waals surface area contributed by atoms with Gasteiger partial charge < -0.3 is 18.9 Å². The van der Waals surface area contributed by atoms with Crippen molar-refractivity contribution in [1.82, 2.24) is 10.2 Å². The molecular weight excluding hydrogens is 384 g/mol. The number of benzene rings is 2. The Bertz CT molecular complexity index is 897. The summed E-state index contributed by atoms with van der Waals surface area (Å²) in [6.07, 6.45) is 1.15. The van der Waals surface area contributed by atoms with Crippen LogP contribution in [-0.2, 0) is 12.8 Å². The van der Waals surface area contributed by atoms with Crippen LogP contribution in [0.1, 0.15) is 25.0 Å². The van der Waals surface area contributed by atoms with Gasteiger partial charge in [-0.3, -0.25) is 10.2 Å². The highest BCUT2D eigenvalue weighted by atomic mass is 16.6. The summed E-state index contributed by atoms with van der Waals surface area (Å²) in [5.74, 6) is 2.53. The fourth-order valence-corrected chi connectivity index (χ4v) is 3.42. The van der Waals surface area contributed by atoms with E-state index in [9.17, 15) is 4.79 Å². The third-order valence-corrected chi connectivity index (χ3v) is 4.95. The molecule has 0 fully saturated rings. The molecule has 1 aliphatic rings. The van der Waals surface area contributed by atoms with Crippen LogP contribution in [0.4, 0.5) is 4.79 Å². The van der Waals surface area contributed by atoms with Crippen molar-refractivity contribution in [3.63, 3.8) is 0 Å². The standard InChI is InChI=1S/C23H30N2O5/c1-23(2)14-17-7-6-8-19(21(17)30-23)29-22(26)25(3)15-24-12-11-16-9-10-18(27-4)20(13-16)28-5/h6-10,13,24H,11-12,14-15H2,1-5H3. The molecule has 1 heterocycles. The molecule has 0 atom stereocenters. The molecule has 1 amide bonds. The number of rotatable bonds is 8. The smallest absolute Gasteiger partial charge is 0.416 e. The highest BCUT2D eigenvalue weighted by Crippen LogP contribution is 2.41. The highest BCUT2D eigenvalue weighted by Gasteiger charge is 2.33. The van der Waals surface area contributed by atoms with E-state index in [-0.39, 0.29) is 5.60 Å². The maximum atomic E-state index is 12.5. The number of ether oxygens (including phenoxy) is 4. The van der Waals surface area contributed by atoms with Gasteiger partial charge in [0.1, 0.15) is 5.60 Å². The van der Waals surface area contributed by atoms with Crippen molar-refractivity contribution in [3.8, 4) is 23.0 Å². The molecule has 0 saturated heterocycles. The Hall–Kier alpha value is -2.93. The number of hydrogen-bond acceptors (Lipinski definition) is 6. The summed E-state index contributed by atoms with van der Waals surface area (Å²) in [7, 11) is 4.93. The van der Waals surface area contributed by atoms with Crippen molar-refractivity contribution in [1.29, 1.82) is 0 Å². The first-order valence-electron chi connectivity index (χ1n) is 9.98. The van der Waals surface area contributed by atoms with E-state index in [0.29, 0.717) is 36.2 Å². The van der Waals surface area contributed by atoms with Crippen molar-refractivity contribution in [3.05, 3.63) is 47.5 Å². The molecule has 162 valence electrons. The SMILES string of the molecule is COc1ccc(CCNCN(C)C(=O)Oc2cccc3c2OC(C)(C)C3)cc1OC. The van der Waals surface area contributed by atoms with Crippen molar-refractivity contribution >= 4 is 6.09 Å². The largest absolute Gasteiger partial charge is 0.493 e. The minimum atomic E-state index is -0.435. The molecule has 1 aliphatic heterocycles. The molecule has 0 aromatic heterocycles. The van der Waals surface area contributed by atoms with Gasteiger partial charge >= 0.3 is 6.09 Å². The lowest BCUT2D eigenvalue weighted by atomic mass is 10.0. The monoisotopic (exact) mass is 414 g/mol. The molecule has 0 unspecified atom stereocenters. The summed E-state index contributed by atoms with van der Waals surface area (Å²) in [5, 5.41) is 3.25. The summed E-state index contributed by atoms with van der Waals surface area (Å²) in [6, 6.07) is 11.5. The zero-order valence-electron chi connectivity index (χ0n) is 18.3. The van der Waals surface area contributed by atoms with E-state index in [1.165, 1.54) is 4.90 Å². The number of nitrogens with one attached hydrogen (secondary N) is 1. The molecule has 7 nitrogen and oxygen atoms in total. The lowest BCUT2D eigenvalue weighted by molar-refractivity contribution is 0.128. The first-order chi connectivity index (χ1) is 14.3. The number of methoxy groups -OCH3 is 2. The normalized spacial score (nSPS) is 13.9. The molecule has 2 aromatic carbocycles. The van der Waals surface area contributed by atoms with Crippen molar-refractivity contribution in [2.45, 2.75) is 32.3 Å². The Labute approximate surface area is 177 Å². The molecule has 2 aromatic rings. The van der Waals surface area contributed by atoms with Gasteiger partial charge in [-0.1, -0.05) is 18.2 Å². The predicted molar refractivity (Wildman–Crippen MR) is 115 cm³/mol. The number of amides is 1. The minimum absolute atomic E-state index is 0.289. The van der Waals surface area contributed by atoms with Crippen molar-refractivity contribution in [2.24, 2.45) is 0 Å². The maximum absolute atomic E-state index is 12.5. The molecule has 1 N–H and O–H groups in total. The molecule has 0 bridgehead atoms. The summed E-state index contributed by atoms with van der Waals surface area (Å²) in [4.78, 5) is 14.0. The molecule has 3 rings (SSSR count). The molecule has 0 spiro atoms. The molecular formula is C23H30N2O5. The number of carbonyl (C=O) groups excluding carboxylic acids is 1. The van der Waals surface area contributed by atoms with E-state index in [0.717, 1.165) is 24.0 Å². The van der Waals surface area contributed by atoms with Crippen LogP contribution < -0.4 is 24.3 Å². The number of carbonyl (C=O) groups is 1. The second-order valence-corrected chi connectivity index (χ2v) is 7.95. The molecule has 7 heteroatoms. The zero-order chi connectivity index (χ0) is 21.7. The van der Waals surface area contributed by atoms with E-state index in [2.05, 4.69) is 5.32 Å². The Kier molecular flexibility index (Phi) is 6.72. The second-order valence-electron chi connectivity index (χ2n) is 7.95. The number of fused-ring (bicyclic) bond motifs is 1. The summed E-state index contributed by atoms with van der Waals surface area (Å²) < 4.78 is 22.1. The van der Waals surface area contributed by atoms with Gasteiger partial charge in [-0.05, 0) is 44.0 Å². The third kappa shape index (κ3) is 5.16. The van der Waals surface area contributed by atoms with Crippen LogP contribution in [0.2, 0.25) is 0 Å². The van der Waals surface area contributed by atoms with Gasteiger partial charge in [0, 0.05) is 25.6 Å². The first kappa shape index (κ1) is 21.8. The molecule has 0 aliphatic carbocycles. The first-order valence-corrected chi connectivity index (χ1v) is 9.98. The predicted octanol–water partition coefficient (Wildman–Crippen LogP) is 3.64. The lowest BCUT2D eigenvalue weighted by Gasteiger charge is -2.20. The number of nitrogens with zero attached hydrogens (tertiary/aromatic N) is 1. The minimum Gasteiger partial charge on any atom is -0.493 e. The Morgan fingerprint density at radius 1 is 1.13 bits per heavy atom. The second kappa shape index (κ2) is 9.26. The van der Waals surface area contributed by atoms with E-state index in [1.54, 1.807) is 27.3 Å². The van der Waals surface area contributed by atoms with Crippen LogP contribution >= 0.6 is 0 Å². The van der Waals surface area contributed by atoms with Crippen LogP contribution in [0.3, 0.4) is 0 Å². The van der Waals surface area contributed by atoms with E-state index < -0.39 is 6.09 Å².